The van der Waals surface area contributed by atoms with E-state index in [9.17, 15) is 4.39 Å². The highest BCUT2D eigenvalue weighted by Gasteiger charge is 2.15. The summed E-state index contributed by atoms with van der Waals surface area (Å²) in [6.07, 6.45) is 15.0. The number of alkyl halides is 1. The molecule has 0 radical (unpaired) electrons. The van der Waals surface area contributed by atoms with Crippen LogP contribution in [0.1, 0.15) is 84.1 Å². The number of benzene rings is 1. The summed E-state index contributed by atoms with van der Waals surface area (Å²) < 4.78 is 19.4. The van der Waals surface area contributed by atoms with Crippen molar-refractivity contribution in [2.75, 3.05) is 6.61 Å². The van der Waals surface area contributed by atoms with E-state index in [0.29, 0.717) is 11.6 Å². The maximum Gasteiger partial charge on any atom is 0.159 e. The van der Waals surface area contributed by atoms with Gasteiger partial charge in [-0.05, 0) is 24.3 Å². The van der Waals surface area contributed by atoms with E-state index in [2.05, 4.69) is 41.2 Å². The van der Waals surface area contributed by atoms with Crippen molar-refractivity contribution in [3.63, 3.8) is 0 Å². The molecule has 1 aromatic carbocycles. The molecule has 0 bridgehead atoms. The number of rotatable bonds is 15. The van der Waals surface area contributed by atoms with E-state index in [1.54, 1.807) is 12.4 Å². The number of nitrogens with zero attached hydrogens (tertiary/aromatic N) is 2. The second-order valence-electron chi connectivity index (χ2n) is 8.38. The van der Waals surface area contributed by atoms with Crippen molar-refractivity contribution >= 4 is 0 Å². The molecule has 2 aromatic rings. The van der Waals surface area contributed by atoms with E-state index in [-0.39, 0.29) is 12.5 Å². The molecule has 0 aliphatic heterocycles. The van der Waals surface area contributed by atoms with E-state index < -0.39 is 6.17 Å². The van der Waals surface area contributed by atoms with Crippen molar-refractivity contribution in [3.05, 3.63) is 42.2 Å². The van der Waals surface area contributed by atoms with Crippen LogP contribution in [0, 0.1) is 5.92 Å². The third-order valence-electron chi connectivity index (χ3n) is 5.83. The van der Waals surface area contributed by atoms with Crippen molar-refractivity contribution in [2.45, 2.75) is 91.2 Å². The lowest BCUT2D eigenvalue weighted by molar-refractivity contribution is 0.145. The topological polar surface area (TPSA) is 35.0 Å². The van der Waals surface area contributed by atoms with Gasteiger partial charge in [-0.15, -0.1) is 0 Å². The van der Waals surface area contributed by atoms with Crippen LogP contribution in [0.4, 0.5) is 4.39 Å². The molecule has 0 spiro atoms. The molecule has 0 amide bonds. The summed E-state index contributed by atoms with van der Waals surface area (Å²) >= 11 is 0. The first-order valence-corrected chi connectivity index (χ1v) is 11.8. The molecule has 30 heavy (non-hydrogen) atoms. The quantitative estimate of drug-likeness (QED) is 0.282. The van der Waals surface area contributed by atoms with Gasteiger partial charge in [-0.1, -0.05) is 96.4 Å². The Morgan fingerprint density at radius 3 is 2.07 bits per heavy atom. The fraction of sp³-hybridized carbons (Fsp3) is 0.615. The fourth-order valence-corrected chi connectivity index (χ4v) is 3.42. The van der Waals surface area contributed by atoms with Crippen molar-refractivity contribution < 1.29 is 9.13 Å². The SMILES string of the molecule is CCCCCCCCCCc1ccc(-c2ncc(OCC(F)C(C)CC)cn2)cc1. The molecule has 3 nitrogen and oxygen atoms in total. The highest BCUT2D eigenvalue weighted by Crippen LogP contribution is 2.20. The first-order chi connectivity index (χ1) is 14.6. The lowest BCUT2D eigenvalue weighted by Crippen LogP contribution is -2.20. The summed E-state index contributed by atoms with van der Waals surface area (Å²) in [5, 5.41) is 0. The van der Waals surface area contributed by atoms with Gasteiger partial charge in [0, 0.05) is 5.56 Å². The second kappa shape index (κ2) is 14.1. The van der Waals surface area contributed by atoms with Gasteiger partial charge in [0.2, 0.25) is 0 Å². The van der Waals surface area contributed by atoms with Crippen molar-refractivity contribution in [3.8, 4) is 17.1 Å². The second-order valence-corrected chi connectivity index (χ2v) is 8.38. The number of halogens is 1. The largest absolute Gasteiger partial charge is 0.487 e. The minimum absolute atomic E-state index is 0.00509. The highest BCUT2D eigenvalue weighted by molar-refractivity contribution is 5.55. The van der Waals surface area contributed by atoms with E-state index in [1.807, 2.05) is 13.8 Å². The minimum atomic E-state index is -0.969. The Morgan fingerprint density at radius 1 is 0.867 bits per heavy atom. The Kier molecular flexibility index (Phi) is 11.4. The van der Waals surface area contributed by atoms with Gasteiger partial charge in [-0.3, -0.25) is 0 Å². The van der Waals surface area contributed by atoms with Crippen LogP contribution in [0.2, 0.25) is 0 Å². The van der Waals surface area contributed by atoms with Crippen LogP contribution in [0.25, 0.3) is 11.4 Å². The lowest BCUT2D eigenvalue weighted by atomic mass is 10.0. The molecule has 1 aromatic heterocycles. The lowest BCUT2D eigenvalue weighted by Gasteiger charge is -2.15. The summed E-state index contributed by atoms with van der Waals surface area (Å²) in [7, 11) is 0. The molecular weight excluding hydrogens is 375 g/mol. The smallest absolute Gasteiger partial charge is 0.159 e. The van der Waals surface area contributed by atoms with Crippen LogP contribution in [0.3, 0.4) is 0 Å². The zero-order valence-corrected chi connectivity index (χ0v) is 19.1. The minimum Gasteiger partial charge on any atom is -0.487 e. The van der Waals surface area contributed by atoms with Gasteiger partial charge in [0.1, 0.15) is 12.8 Å². The maximum atomic E-state index is 13.9. The Balaban J connectivity index is 1.72. The van der Waals surface area contributed by atoms with Gasteiger partial charge in [0.05, 0.1) is 12.4 Å². The summed E-state index contributed by atoms with van der Waals surface area (Å²) in [6.45, 7) is 6.19. The summed E-state index contributed by atoms with van der Waals surface area (Å²) in [4.78, 5) is 8.76. The molecular formula is C26H39FN2O. The number of aromatic nitrogens is 2. The predicted octanol–water partition coefficient (Wildman–Crippen LogP) is 7.59. The van der Waals surface area contributed by atoms with Crippen molar-refractivity contribution in [1.29, 1.82) is 0 Å². The number of hydrogen-bond donors (Lipinski definition) is 0. The van der Waals surface area contributed by atoms with E-state index in [4.69, 9.17) is 4.74 Å². The zero-order valence-electron chi connectivity index (χ0n) is 19.1. The van der Waals surface area contributed by atoms with Gasteiger partial charge in [-0.25, -0.2) is 14.4 Å². The third kappa shape index (κ3) is 8.81. The van der Waals surface area contributed by atoms with Gasteiger partial charge < -0.3 is 4.74 Å². The molecule has 2 atom stereocenters. The monoisotopic (exact) mass is 414 g/mol. The van der Waals surface area contributed by atoms with Crippen LogP contribution >= 0.6 is 0 Å². The molecule has 166 valence electrons. The molecule has 2 rings (SSSR count). The Bertz CT molecular complexity index is 687. The molecule has 0 saturated heterocycles. The van der Waals surface area contributed by atoms with Crippen molar-refractivity contribution in [1.82, 2.24) is 9.97 Å². The van der Waals surface area contributed by atoms with Gasteiger partial charge >= 0.3 is 0 Å². The Morgan fingerprint density at radius 2 is 1.47 bits per heavy atom. The number of unbranched alkanes of at least 4 members (excludes halogenated alkanes) is 7. The average molecular weight is 415 g/mol. The zero-order chi connectivity index (χ0) is 21.6. The van der Waals surface area contributed by atoms with Crippen LogP contribution in [0.5, 0.6) is 5.75 Å². The molecule has 0 fully saturated rings. The molecule has 0 N–H and O–H groups in total. The van der Waals surface area contributed by atoms with Crippen molar-refractivity contribution in [2.24, 2.45) is 5.92 Å². The maximum absolute atomic E-state index is 13.9. The van der Waals surface area contributed by atoms with Crippen LogP contribution in [-0.4, -0.2) is 22.7 Å². The Labute approximate surface area is 182 Å². The van der Waals surface area contributed by atoms with Crippen LogP contribution < -0.4 is 4.74 Å². The first kappa shape index (κ1) is 24.3. The number of aryl methyl sites for hydroxylation is 1. The van der Waals surface area contributed by atoms with Gasteiger partial charge in [-0.2, -0.15) is 0 Å². The number of ether oxygens (including phenoxy) is 1. The van der Waals surface area contributed by atoms with Gasteiger partial charge in [0.15, 0.2) is 11.6 Å². The Hall–Kier alpha value is -1.97. The van der Waals surface area contributed by atoms with Gasteiger partial charge in [0.25, 0.3) is 0 Å². The van der Waals surface area contributed by atoms with Crippen LogP contribution in [-0.2, 0) is 6.42 Å². The first-order valence-electron chi connectivity index (χ1n) is 11.8. The summed E-state index contributed by atoms with van der Waals surface area (Å²) in [5.74, 6) is 1.17. The fourth-order valence-electron chi connectivity index (χ4n) is 3.42. The van der Waals surface area contributed by atoms with E-state index in [1.165, 1.54) is 56.9 Å². The molecule has 4 heteroatoms. The predicted molar refractivity (Wildman–Crippen MR) is 124 cm³/mol. The number of hydrogen-bond acceptors (Lipinski definition) is 3. The molecule has 0 aliphatic carbocycles. The van der Waals surface area contributed by atoms with E-state index >= 15 is 0 Å². The van der Waals surface area contributed by atoms with Crippen LogP contribution in [0.15, 0.2) is 36.7 Å². The normalized spacial score (nSPS) is 13.2. The molecule has 2 unspecified atom stereocenters. The highest BCUT2D eigenvalue weighted by atomic mass is 19.1. The summed E-state index contributed by atoms with van der Waals surface area (Å²) in [6, 6.07) is 8.50. The average Bonchev–Trinajstić information content (AvgIpc) is 2.79. The molecule has 0 saturated carbocycles. The molecule has 0 aliphatic rings. The third-order valence-corrected chi connectivity index (χ3v) is 5.83. The summed E-state index contributed by atoms with van der Waals surface area (Å²) in [5.41, 5.74) is 2.35. The van der Waals surface area contributed by atoms with E-state index in [0.717, 1.165) is 18.4 Å². The standard InChI is InChI=1S/C26H39FN2O/c1-4-6-7-8-9-10-11-12-13-22-14-16-23(17-15-22)26-28-18-24(19-29-26)30-20-25(27)21(3)5-2/h14-19,21,25H,4-13,20H2,1-3H3. The molecule has 1 heterocycles.